The van der Waals surface area contributed by atoms with Crippen LogP contribution in [0.4, 0.5) is 5.69 Å². The molecule has 3 rings (SSSR count). The number of amides is 1. The molecule has 0 radical (unpaired) electrons. The number of aryl methyl sites for hydroxylation is 1. The highest BCUT2D eigenvalue weighted by atomic mass is 32.2. The summed E-state index contributed by atoms with van der Waals surface area (Å²) in [5.41, 5.74) is 1.97. The Balaban J connectivity index is 1.69. The van der Waals surface area contributed by atoms with Crippen LogP contribution in [0, 0.1) is 6.92 Å². The van der Waals surface area contributed by atoms with E-state index < -0.39 is 0 Å². The minimum absolute atomic E-state index is 0.0442. The molecular formula is C20H22N2O3S. The van der Waals surface area contributed by atoms with Gasteiger partial charge < -0.3 is 9.47 Å². The van der Waals surface area contributed by atoms with Crippen molar-refractivity contribution in [1.29, 1.82) is 0 Å². The van der Waals surface area contributed by atoms with E-state index in [1.165, 1.54) is 0 Å². The average molecular weight is 370 g/mol. The molecule has 0 atom stereocenters. The van der Waals surface area contributed by atoms with Crippen molar-refractivity contribution >= 4 is 28.5 Å². The average Bonchev–Trinajstić information content (AvgIpc) is 3.11. The molecule has 2 aromatic rings. The highest BCUT2D eigenvalue weighted by molar-refractivity contribution is 8.14. The van der Waals surface area contributed by atoms with Crippen molar-refractivity contribution in [3.8, 4) is 11.5 Å². The smallest absolute Gasteiger partial charge is 0.266 e. The van der Waals surface area contributed by atoms with Gasteiger partial charge in [0.05, 0.1) is 12.3 Å². The maximum Gasteiger partial charge on any atom is 0.266 e. The zero-order valence-electron chi connectivity index (χ0n) is 15.0. The normalized spacial score (nSPS) is 15.3. The van der Waals surface area contributed by atoms with Crippen LogP contribution in [-0.2, 0) is 4.79 Å². The summed E-state index contributed by atoms with van der Waals surface area (Å²) in [6.45, 7) is 5.07. The maximum absolute atomic E-state index is 12.6. The van der Waals surface area contributed by atoms with Gasteiger partial charge in [-0.05, 0) is 37.6 Å². The third-order valence-electron chi connectivity index (χ3n) is 3.91. The third-order valence-corrected chi connectivity index (χ3v) is 4.87. The predicted molar refractivity (Wildman–Crippen MR) is 106 cm³/mol. The fourth-order valence-corrected chi connectivity index (χ4v) is 3.55. The zero-order valence-corrected chi connectivity index (χ0v) is 15.8. The Bertz CT molecular complexity index is 807. The largest absolute Gasteiger partial charge is 0.490 e. The summed E-state index contributed by atoms with van der Waals surface area (Å²) in [6, 6.07) is 15.3. The van der Waals surface area contributed by atoms with Gasteiger partial charge >= 0.3 is 0 Å². The SMILES string of the molecule is CCOc1ccccc1OCC(=O)N1CCSC1=Nc1ccccc1C. The van der Waals surface area contributed by atoms with Crippen LogP contribution in [0.1, 0.15) is 12.5 Å². The summed E-state index contributed by atoms with van der Waals surface area (Å²) in [5.74, 6) is 1.96. The van der Waals surface area contributed by atoms with Gasteiger partial charge in [-0.15, -0.1) is 0 Å². The third kappa shape index (κ3) is 4.38. The summed E-state index contributed by atoms with van der Waals surface area (Å²) in [4.78, 5) is 19.0. The van der Waals surface area contributed by atoms with Crippen molar-refractivity contribution in [3.63, 3.8) is 0 Å². The van der Waals surface area contributed by atoms with E-state index in [0.717, 1.165) is 22.2 Å². The molecule has 0 unspecified atom stereocenters. The van der Waals surface area contributed by atoms with E-state index in [9.17, 15) is 4.79 Å². The quantitative estimate of drug-likeness (QED) is 0.770. The van der Waals surface area contributed by atoms with Gasteiger partial charge in [-0.3, -0.25) is 9.69 Å². The number of aliphatic imine (C=N–C) groups is 1. The van der Waals surface area contributed by atoms with Crippen LogP contribution in [0.2, 0.25) is 0 Å². The minimum Gasteiger partial charge on any atom is -0.490 e. The molecule has 136 valence electrons. The van der Waals surface area contributed by atoms with Crippen LogP contribution in [0.15, 0.2) is 53.5 Å². The molecular weight excluding hydrogens is 348 g/mol. The molecule has 1 aliphatic rings. The summed E-state index contributed by atoms with van der Waals surface area (Å²) in [5, 5.41) is 0.728. The molecule has 5 nitrogen and oxygen atoms in total. The van der Waals surface area contributed by atoms with Crippen LogP contribution in [-0.4, -0.2) is 41.5 Å². The molecule has 0 saturated carbocycles. The van der Waals surface area contributed by atoms with Crippen molar-refractivity contribution in [2.45, 2.75) is 13.8 Å². The molecule has 0 aliphatic carbocycles. The van der Waals surface area contributed by atoms with E-state index in [1.807, 2.05) is 56.3 Å². The number of ether oxygens (including phenoxy) is 2. The van der Waals surface area contributed by atoms with E-state index in [-0.39, 0.29) is 12.5 Å². The first-order valence-corrected chi connectivity index (χ1v) is 9.59. The zero-order chi connectivity index (χ0) is 18.4. The van der Waals surface area contributed by atoms with Crippen molar-refractivity contribution in [2.75, 3.05) is 25.5 Å². The lowest BCUT2D eigenvalue weighted by atomic mass is 10.2. The van der Waals surface area contributed by atoms with Crippen molar-refractivity contribution in [3.05, 3.63) is 54.1 Å². The number of hydrogen-bond acceptors (Lipinski definition) is 5. The molecule has 6 heteroatoms. The summed E-state index contributed by atoms with van der Waals surface area (Å²) in [6.07, 6.45) is 0. The van der Waals surface area contributed by atoms with E-state index in [1.54, 1.807) is 22.7 Å². The minimum atomic E-state index is -0.103. The summed E-state index contributed by atoms with van der Waals surface area (Å²) < 4.78 is 11.2. The van der Waals surface area contributed by atoms with Crippen molar-refractivity contribution in [1.82, 2.24) is 4.90 Å². The van der Waals surface area contributed by atoms with E-state index in [0.29, 0.717) is 24.7 Å². The van der Waals surface area contributed by atoms with Gasteiger partial charge in [-0.1, -0.05) is 42.1 Å². The number of amidine groups is 1. The number of rotatable bonds is 6. The van der Waals surface area contributed by atoms with Gasteiger partial charge in [0.2, 0.25) is 0 Å². The monoisotopic (exact) mass is 370 g/mol. The molecule has 0 bridgehead atoms. The fraction of sp³-hybridized carbons (Fsp3) is 0.300. The first-order chi connectivity index (χ1) is 12.7. The molecule has 1 heterocycles. The molecule has 26 heavy (non-hydrogen) atoms. The molecule has 0 spiro atoms. The molecule has 1 aliphatic heterocycles. The van der Waals surface area contributed by atoms with Gasteiger partial charge in [-0.25, -0.2) is 4.99 Å². The Labute approximate surface area is 158 Å². The maximum atomic E-state index is 12.6. The van der Waals surface area contributed by atoms with Gasteiger partial charge in [-0.2, -0.15) is 0 Å². The van der Waals surface area contributed by atoms with E-state index in [4.69, 9.17) is 9.47 Å². The first-order valence-electron chi connectivity index (χ1n) is 8.61. The van der Waals surface area contributed by atoms with Gasteiger partial charge in [0.25, 0.3) is 5.91 Å². The van der Waals surface area contributed by atoms with Gasteiger partial charge in [0.15, 0.2) is 23.3 Å². The molecule has 2 aromatic carbocycles. The Morgan fingerprint density at radius 3 is 2.54 bits per heavy atom. The first kappa shape index (κ1) is 18.3. The Kier molecular flexibility index (Phi) is 6.17. The van der Waals surface area contributed by atoms with Gasteiger partial charge in [0.1, 0.15) is 0 Å². The highest BCUT2D eigenvalue weighted by Crippen LogP contribution is 2.28. The molecule has 1 fully saturated rings. The van der Waals surface area contributed by atoms with Gasteiger partial charge in [0, 0.05) is 12.3 Å². The predicted octanol–water partition coefficient (Wildman–Crippen LogP) is 4.04. The Morgan fingerprint density at radius 1 is 1.12 bits per heavy atom. The standard InChI is InChI=1S/C20H22N2O3S/c1-3-24-17-10-6-7-11-18(17)25-14-19(23)22-12-13-26-20(22)21-16-9-5-4-8-15(16)2/h4-11H,3,12-14H2,1-2H3. The number of nitrogens with zero attached hydrogens (tertiary/aromatic N) is 2. The van der Waals surface area contributed by atoms with Crippen LogP contribution >= 0.6 is 11.8 Å². The molecule has 0 N–H and O–H groups in total. The lowest BCUT2D eigenvalue weighted by molar-refractivity contribution is -0.129. The number of para-hydroxylation sites is 3. The lowest BCUT2D eigenvalue weighted by Gasteiger charge is -2.17. The number of carbonyl (C=O) groups excluding carboxylic acids is 1. The van der Waals surface area contributed by atoms with Crippen LogP contribution in [0.5, 0.6) is 11.5 Å². The Hall–Kier alpha value is -2.47. The number of thioether (sulfide) groups is 1. The number of benzene rings is 2. The Morgan fingerprint density at radius 2 is 1.81 bits per heavy atom. The number of carbonyl (C=O) groups is 1. The van der Waals surface area contributed by atoms with Crippen LogP contribution in [0.25, 0.3) is 0 Å². The van der Waals surface area contributed by atoms with Crippen molar-refractivity contribution < 1.29 is 14.3 Å². The summed E-state index contributed by atoms with van der Waals surface area (Å²) >= 11 is 1.59. The highest BCUT2D eigenvalue weighted by Gasteiger charge is 2.26. The lowest BCUT2D eigenvalue weighted by Crippen LogP contribution is -2.35. The molecule has 1 saturated heterocycles. The van der Waals surface area contributed by atoms with E-state index >= 15 is 0 Å². The fourth-order valence-electron chi connectivity index (χ4n) is 2.58. The number of hydrogen-bond donors (Lipinski definition) is 0. The summed E-state index contributed by atoms with van der Waals surface area (Å²) in [7, 11) is 0. The topological polar surface area (TPSA) is 51.1 Å². The second-order valence-corrected chi connectivity index (χ2v) is 6.81. The van der Waals surface area contributed by atoms with Crippen LogP contribution < -0.4 is 9.47 Å². The van der Waals surface area contributed by atoms with Crippen LogP contribution in [0.3, 0.4) is 0 Å². The second kappa shape index (κ2) is 8.76. The second-order valence-electron chi connectivity index (χ2n) is 5.74. The molecule has 0 aromatic heterocycles. The van der Waals surface area contributed by atoms with E-state index in [2.05, 4.69) is 4.99 Å². The molecule has 1 amide bonds. The van der Waals surface area contributed by atoms with Crippen molar-refractivity contribution in [2.24, 2.45) is 4.99 Å².